The number of carbonyl (C=O) groups is 1. The van der Waals surface area contributed by atoms with E-state index in [9.17, 15) is 28.2 Å². The van der Waals surface area contributed by atoms with E-state index < -0.39 is 17.2 Å². The van der Waals surface area contributed by atoms with Gasteiger partial charge in [0.15, 0.2) is 5.60 Å². The molecule has 1 aromatic heterocycles. The van der Waals surface area contributed by atoms with Crippen molar-refractivity contribution in [2.45, 2.75) is 74.7 Å². The minimum absolute atomic E-state index is 0.0145. The van der Waals surface area contributed by atoms with Crippen LogP contribution in [0.1, 0.15) is 67.1 Å². The van der Waals surface area contributed by atoms with Crippen LogP contribution in [0.5, 0.6) is 0 Å². The highest BCUT2D eigenvalue weighted by molar-refractivity contribution is 5.95. The van der Waals surface area contributed by atoms with Crippen molar-refractivity contribution in [1.82, 2.24) is 15.1 Å². The van der Waals surface area contributed by atoms with Crippen LogP contribution in [0.25, 0.3) is 0 Å². The van der Waals surface area contributed by atoms with Crippen molar-refractivity contribution < 1.29 is 28.2 Å². The lowest BCUT2D eigenvalue weighted by Gasteiger charge is -2.42. The third-order valence-corrected chi connectivity index (χ3v) is 7.14. The summed E-state index contributed by atoms with van der Waals surface area (Å²) in [7, 11) is 0. The molecule has 4 rings (SSSR count). The maximum atomic E-state index is 13.4. The van der Waals surface area contributed by atoms with Crippen LogP contribution in [0.3, 0.4) is 0 Å². The molecule has 9 heteroatoms. The van der Waals surface area contributed by atoms with Gasteiger partial charge in [-0.25, -0.2) is 0 Å². The summed E-state index contributed by atoms with van der Waals surface area (Å²) < 4.78 is 39.4. The molecule has 1 aromatic carbocycles. The van der Waals surface area contributed by atoms with Crippen molar-refractivity contribution in [2.24, 2.45) is 0 Å². The second-order valence-electron chi connectivity index (χ2n) is 9.37. The first-order valence-corrected chi connectivity index (χ1v) is 11.2. The third kappa shape index (κ3) is 4.48. The molecule has 0 unspecified atom stereocenters. The topological polar surface area (TPSA) is 86.5 Å². The van der Waals surface area contributed by atoms with E-state index >= 15 is 0 Å². The number of nitrogens with zero attached hydrogens (tertiary/aromatic N) is 3. The lowest BCUT2D eigenvalue weighted by Crippen LogP contribution is -2.47. The highest BCUT2D eigenvalue weighted by Gasteiger charge is 2.51. The summed E-state index contributed by atoms with van der Waals surface area (Å²) in [5.41, 5.74) is -2.71. The minimum atomic E-state index is -4.82. The predicted octanol–water partition coefficient (Wildman–Crippen LogP) is 3.72. The number of carbonyl (C=O) groups excluding carboxylic acids is 1. The Kier molecular flexibility index (Phi) is 6.22. The number of aliphatic hydroxyl groups excluding tert-OH is 1. The van der Waals surface area contributed by atoms with Gasteiger partial charge in [0.25, 0.3) is 5.91 Å². The molecule has 0 spiro atoms. The van der Waals surface area contributed by atoms with Crippen molar-refractivity contribution in [3.63, 3.8) is 0 Å². The van der Waals surface area contributed by atoms with Crippen molar-refractivity contribution in [3.8, 4) is 0 Å². The van der Waals surface area contributed by atoms with Gasteiger partial charge < -0.3 is 15.1 Å². The SMILES string of the molecule is C[C@](O)(c1ccc(C(=O)N(C2CC2)[C@H]2CC[C@](CO)(c3cccnn3)CC2)cc1)C(F)(F)F. The molecule has 33 heavy (non-hydrogen) atoms. The van der Waals surface area contributed by atoms with E-state index in [1.54, 1.807) is 12.3 Å². The monoisotopic (exact) mass is 463 g/mol. The number of aliphatic hydroxyl groups is 2. The number of hydrogen-bond donors (Lipinski definition) is 2. The number of rotatable bonds is 6. The molecule has 2 aliphatic rings. The summed E-state index contributed by atoms with van der Waals surface area (Å²) >= 11 is 0. The quantitative estimate of drug-likeness (QED) is 0.682. The standard InChI is InChI=1S/C24H28F3N3O3/c1-22(33,24(25,26)27)17-6-4-16(5-7-17)21(32)30(18-8-9-18)19-10-12-23(15-31,13-11-19)20-3-2-14-28-29-20/h2-7,14,18-19,31,33H,8-13,15H2,1H3/t19-,22-,23-/m0/s1. The summed E-state index contributed by atoms with van der Waals surface area (Å²) in [6, 6.07) is 8.81. The Morgan fingerprint density at radius 1 is 1.09 bits per heavy atom. The summed E-state index contributed by atoms with van der Waals surface area (Å²) in [5.74, 6) is -0.211. The fourth-order valence-electron chi connectivity index (χ4n) is 4.75. The van der Waals surface area contributed by atoms with Crippen molar-refractivity contribution in [2.75, 3.05) is 6.61 Å². The molecule has 0 radical (unpaired) electrons. The van der Waals surface area contributed by atoms with E-state index in [1.807, 2.05) is 11.0 Å². The van der Waals surface area contributed by atoms with Crippen molar-refractivity contribution >= 4 is 5.91 Å². The van der Waals surface area contributed by atoms with Gasteiger partial charge in [0, 0.05) is 29.3 Å². The highest BCUT2D eigenvalue weighted by Crippen LogP contribution is 2.43. The average molecular weight is 464 g/mol. The zero-order valence-electron chi connectivity index (χ0n) is 18.4. The maximum absolute atomic E-state index is 13.4. The molecule has 2 aromatic rings. The second kappa shape index (κ2) is 8.68. The smallest absolute Gasteiger partial charge is 0.395 e. The molecule has 0 saturated heterocycles. The molecular weight excluding hydrogens is 435 g/mol. The van der Waals surface area contributed by atoms with Gasteiger partial charge in [-0.2, -0.15) is 23.4 Å². The van der Waals surface area contributed by atoms with Gasteiger partial charge in [-0.15, -0.1) is 0 Å². The van der Waals surface area contributed by atoms with E-state index in [4.69, 9.17) is 0 Å². The van der Waals surface area contributed by atoms with Gasteiger partial charge in [-0.3, -0.25) is 4.79 Å². The van der Waals surface area contributed by atoms with Crippen molar-refractivity contribution in [1.29, 1.82) is 0 Å². The van der Waals surface area contributed by atoms with Crippen LogP contribution in [-0.4, -0.2) is 56.1 Å². The summed E-state index contributed by atoms with van der Waals surface area (Å²) in [6.45, 7) is 0.656. The Morgan fingerprint density at radius 3 is 2.18 bits per heavy atom. The van der Waals surface area contributed by atoms with Crippen LogP contribution in [0.2, 0.25) is 0 Å². The molecule has 178 valence electrons. The Bertz CT molecular complexity index is 968. The molecule has 1 heterocycles. The first-order chi connectivity index (χ1) is 15.6. The van der Waals surface area contributed by atoms with Gasteiger partial charge in [-0.05, 0) is 75.3 Å². The van der Waals surface area contributed by atoms with E-state index in [0.29, 0.717) is 38.2 Å². The highest BCUT2D eigenvalue weighted by atomic mass is 19.4. The normalized spacial score (nSPS) is 25.3. The molecule has 2 aliphatic carbocycles. The van der Waals surface area contributed by atoms with Gasteiger partial charge in [-0.1, -0.05) is 12.1 Å². The van der Waals surface area contributed by atoms with Crippen LogP contribution >= 0.6 is 0 Å². The number of alkyl halides is 3. The third-order valence-electron chi connectivity index (χ3n) is 7.14. The van der Waals surface area contributed by atoms with E-state index in [0.717, 1.165) is 30.7 Å². The molecule has 1 atom stereocenters. The van der Waals surface area contributed by atoms with Crippen LogP contribution in [-0.2, 0) is 11.0 Å². The van der Waals surface area contributed by atoms with Crippen molar-refractivity contribution in [3.05, 3.63) is 59.4 Å². The Balaban J connectivity index is 1.50. The molecule has 2 N–H and O–H groups in total. The Hall–Kier alpha value is -2.52. The number of hydrogen-bond acceptors (Lipinski definition) is 5. The molecule has 0 aliphatic heterocycles. The van der Waals surface area contributed by atoms with Crippen LogP contribution < -0.4 is 0 Å². The molecular formula is C24H28F3N3O3. The largest absolute Gasteiger partial charge is 0.421 e. The average Bonchev–Trinajstić information content (AvgIpc) is 3.65. The molecule has 2 fully saturated rings. The summed E-state index contributed by atoms with van der Waals surface area (Å²) in [5, 5.41) is 28.1. The summed E-state index contributed by atoms with van der Waals surface area (Å²) in [4.78, 5) is 15.2. The molecule has 1 amide bonds. The molecule has 6 nitrogen and oxygen atoms in total. The Labute approximate surface area is 190 Å². The maximum Gasteiger partial charge on any atom is 0.421 e. The van der Waals surface area contributed by atoms with E-state index in [2.05, 4.69) is 10.2 Å². The fourth-order valence-corrected chi connectivity index (χ4v) is 4.75. The van der Waals surface area contributed by atoms with Crippen LogP contribution in [0.15, 0.2) is 42.6 Å². The first kappa shape index (κ1) is 23.6. The zero-order valence-corrected chi connectivity index (χ0v) is 18.4. The van der Waals surface area contributed by atoms with Gasteiger partial charge in [0.2, 0.25) is 0 Å². The predicted molar refractivity (Wildman–Crippen MR) is 114 cm³/mol. The van der Waals surface area contributed by atoms with Crippen LogP contribution in [0.4, 0.5) is 13.2 Å². The zero-order chi connectivity index (χ0) is 23.9. The van der Waals surface area contributed by atoms with Gasteiger partial charge in [0.1, 0.15) is 0 Å². The lowest BCUT2D eigenvalue weighted by atomic mass is 9.70. The van der Waals surface area contributed by atoms with Crippen LogP contribution in [0, 0.1) is 0 Å². The molecule has 0 bridgehead atoms. The Morgan fingerprint density at radius 2 is 1.70 bits per heavy atom. The fraction of sp³-hybridized carbons (Fsp3) is 0.542. The lowest BCUT2D eigenvalue weighted by molar-refractivity contribution is -0.258. The number of aromatic nitrogens is 2. The van der Waals surface area contributed by atoms with Gasteiger partial charge in [0.05, 0.1) is 12.3 Å². The number of benzene rings is 1. The minimum Gasteiger partial charge on any atom is -0.395 e. The first-order valence-electron chi connectivity index (χ1n) is 11.2. The van der Waals surface area contributed by atoms with Gasteiger partial charge >= 0.3 is 6.18 Å². The molecule has 2 saturated carbocycles. The number of halogens is 3. The number of amides is 1. The second-order valence-corrected chi connectivity index (χ2v) is 9.37. The van der Waals surface area contributed by atoms with E-state index in [1.165, 1.54) is 12.1 Å². The van der Waals surface area contributed by atoms with E-state index in [-0.39, 0.29) is 30.2 Å². The summed E-state index contributed by atoms with van der Waals surface area (Å²) in [6.07, 6.45) is 1.29.